The van der Waals surface area contributed by atoms with Crippen molar-refractivity contribution < 1.29 is 18.0 Å². The SMILES string of the molecule is O=C(Nc1cnn(Cc2cccc(Cl)c2)c1)c1cc(Cn2ccc(C(F)(F)F)n2)cs1. The van der Waals surface area contributed by atoms with E-state index in [0.29, 0.717) is 27.7 Å². The van der Waals surface area contributed by atoms with Gasteiger partial charge in [-0.2, -0.15) is 23.4 Å². The molecule has 0 aliphatic heterocycles. The van der Waals surface area contributed by atoms with Crippen LogP contribution in [0.4, 0.5) is 18.9 Å². The van der Waals surface area contributed by atoms with Crippen LogP contribution in [0.2, 0.25) is 5.02 Å². The zero-order valence-electron chi connectivity index (χ0n) is 15.8. The van der Waals surface area contributed by atoms with E-state index in [9.17, 15) is 18.0 Å². The van der Waals surface area contributed by atoms with Crippen molar-refractivity contribution >= 4 is 34.5 Å². The summed E-state index contributed by atoms with van der Waals surface area (Å²) in [6.45, 7) is 0.640. The Morgan fingerprint density at radius 3 is 2.68 bits per heavy atom. The van der Waals surface area contributed by atoms with Gasteiger partial charge in [0.05, 0.1) is 29.9 Å². The first-order chi connectivity index (χ1) is 14.8. The average molecular weight is 466 g/mol. The maximum absolute atomic E-state index is 12.7. The van der Waals surface area contributed by atoms with Gasteiger partial charge in [-0.05, 0) is 40.8 Å². The van der Waals surface area contributed by atoms with Gasteiger partial charge in [-0.1, -0.05) is 23.7 Å². The van der Waals surface area contributed by atoms with Gasteiger partial charge in [-0.3, -0.25) is 14.2 Å². The Hall–Kier alpha value is -3.11. The highest BCUT2D eigenvalue weighted by Crippen LogP contribution is 2.27. The predicted molar refractivity (Wildman–Crippen MR) is 111 cm³/mol. The third-order valence-corrected chi connectivity index (χ3v) is 5.49. The lowest BCUT2D eigenvalue weighted by Crippen LogP contribution is -2.10. The van der Waals surface area contributed by atoms with Crippen molar-refractivity contribution in [2.45, 2.75) is 19.3 Å². The smallest absolute Gasteiger partial charge is 0.319 e. The molecule has 4 rings (SSSR count). The average Bonchev–Trinajstić information content (AvgIpc) is 3.43. The molecule has 0 fully saturated rings. The van der Waals surface area contributed by atoms with E-state index in [1.807, 2.05) is 18.2 Å². The van der Waals surface area contributed by atoms with Gasteiger partial charge in [0.25, 0.3) is 5.91 Å². The fourth-order valence-electron chi connectivity index (χ4n) is 2.90. The van der Waals surface area contributed by atoms with Crippen LogP contribution >= 0.6 is 22.9 Å². The summed E-state index contributed by atoms with van der Waals surface area (Å²) in [6, 6.07) is 9.96. The van der Waals surface area contributed by atoms with Crippen molar-refractivity contribution in [1.82, 2.24) is 19.6 Å². The van der Waals surface area contributed by atoms with Crippen molar-refractivity contribution in [2.24, 2.45) is 0 Å². The van der Waals surface area contributed by atoms with Crippen molar-refractivity contribution in [1.29, 1.82) is 0 Å². The third-order valence-electron chi connectivity index (χ3n) is 4.28. The maximum atomic E-state index is 12.7. The molecule has 0 saturated carbocycles. The topological polar surface area (TPSA) is 64.7 Å². The Bertz CT molecular complexity index is 1210. The molecule has 3 aromatic heterocycles. The summed E-state index contributed by atoms with van der Waals surface area (Å²) >= 11 is 7.19. The Morgan fingerprint density at radius 1 is 1.13 bits per heavy atom. The highest BCUT2D eigenvalue weighted by atomic mass is 35.5. The lowest BCUT2D eigenvalue weighted by Gasteiger charge is -2.02. The van der Waals surface area contributed by atoms with Crippen LogP contribution in [0.5, 0.6) is 0 Å². The van der Waals surface area contributed by atoms with Crippen molar-refractivity contribution in [2.75, 3.05) is 5.32 Å². The maximum Gasteiger partial charge on any atom is 0.435 e. The molecule has 0 aliphatic rings. The van der Waals surface area contributed by atoms with Crippen LogP contribution in [0.1, 0.15) is 26.5 Å². The Morgan fingerprint density at radius 2 is 1.94 bits per heavy atom. The minimum absolute atomic E-state index is 0.136. The van der Waals surface area contributed by atoms with E-state index in [2.05, 4.69) is 15.5 Å². The lowest BCUT2D eigenvalue weighted by molar-refractivity contribution is -0.141. The van der Waals surface area contributed by atoms with Crippen LogP contribution in [-0.4, -0.2) is 25.5 Å². The molecular weight excluding hydrogens is 451 g/mol. The van der Waals surface area contributed by atoms with Gasteiger partial charge in [0.1, 0.15) is 0 Å². The minimum atomic E-state index is -4.48. The number of hydrogen-bond acceptors (Lipinski definition) is 4. The number of anilines is 1. The Labute approximate surface area is 183 Å². The van der Waals surface area contributed by atoms with Crippen LogP contribution in [0.15, 0.2) is 60.4 Å². The molecule has 0 spiro atoms. The molecule has 0 saturated heterocycles. The zero-order valence-corrected chi connectivity index (χ0v) is 17.4. The monoisotopic (exact) mass is 465 g/mol. The molecule has 31 heavy (non-hydrogen) atoms. The van der Waals surface area contributed by atoms with Crippen LogP contribution in [0.25, 0.3) is 0 Å². The quantitative estimate of drug-likeness (QED) is 0.427. The summed E-state index contributed by atoms with van der Waals surface area (Å²) in [7, 11) is 0. The predicted octanol–water partition coefficient (Wildman–Crippen LogP) is 5.16. The van der Waals surface area contributed by atoms with Crippen molar-refractivity contribution in [3.05, 3.63) is 87.1 Å². The standard InChI is InChI=1S/C20H15ClF3N5OS/c21-15-3-1-2-13(6-15)9-29-11-16(8-25-29)26-19(30)17-7-14(12-31-17)10-28-5-4-18(27-28)20(22,23)24/h1-8,11-12H,9-10H2,(H,26,30). The van der Waals surface area contributed by atoms with Crippen LogP contribution in [-0.2, 0) is 19.3 Å². The van der Waals surface area contributed by atoms with Gasteiger partial charge < -0.3 is 5.32 Å². The summed E-state index contributed by atoms with van der Waals surface area (Å²) in [5.74, 6) is -0.324. The molecule has 0 aliphatic carbocycles. The second-order valence-electron chi connectivity index (χ2n) is 6.73. The van der Waals surface area contributed by atoms with Crippen LogP contribution in [0, 0.1) is 0 Å². The molecule has 1 amide bonds. The largest absolute Gasteiger partial charge is 0.435 e. The van der Waals surface area contributed by atoms with Crippen molar-refractivity contribution in [3.8, 4) is 0 Å². The lowest BCUT2D eigenvalue weighted by atomic mass is 10.2. The van der Waals surface area contributed by atoms with Gasteiger partial charge in [0, 0.05) is 17.4 Å². The number of alkyl halides is 3. The minimum Gasteiger partial charge on any atom is -0.319 e. The zero-order chi connectivity index (χ0) is 22.0. The second kappa shape index (κ2) is 8.56. The Kier molecular flexibility index (Phi) is 5.84. The normalized spacial score (nSPS) is 11.6. The molecule has 1 N–H and O–H groups in total. The highest BCUT2D eigenvalue weighted by Gasteiger charge is 2.33. The molecule has 0 bridgehead atoms. The fraction of sp³-hybridized carbons (Fsp3) is 0.150. The van der Waals surface area contributed by atoms with Crippen LogP contribution < -0.4 is 5.32 Å². The summed E-state index contributed by atoms with van der Waals surface area (Å²) in [6.07, 6.45) is 0.0196. The molecule has 0 atom stereocenters. The fourth-order valence-corrected chi connectivity index (χ4v) is 3.91. The van der Waals surface area contributed by atoms with Gasteiger partial charge in [-0.25, -0.2) is 0 Å². The number of nitrogens with zero attached hydrogens (tertiary/aromatic N) is 4. The van der Waals surface area contributed by atoms with Gasteiger partial charge >= 0.3 is 6.18 Å². The molecular formula is C20H15ClF3N5OS. The number of hydrogen-bond donors (Lipinski definition) is 1. The number of rotatable bonds is 6. The number of benzene rings is 1. The summed E-state index contributed by atoms with van der Waals surface area (Å²) in [4.78, 5) is 12.9. The second-order valence-corrected chi connectivity index (χ2v) is 8.07. The molecule has 1 aromatic carbocycles. The third kappa shape index (κ3) is 5.33. The summed E-state index contributed by atoms with van der Waals surface area (Å²) in [5.41, 5.74) is 1.24. The van der Waals surface area contributed by atoms with E-state index in [4.69, 9.17) is 11.6 Å². The summed E-state index contributed by atoms with van der Waals surface area (Å²) in [5, 5.41) is 12.9. The molecule has 6 nitrogen and oxygen atoms in total. The number of thiophene rings is 1. The molecule has 160 valence electrons. The van der Waals surface area contributed by atoms with Gasteiger partial charge in [0.15, 0.2) is 5.69 Å². The molecule has 3 heterocycles. The molecule has 0 unspecified atom stereocenters. The highest BCUT2D eigenvalue weighted by molar-refractivity contribution is 7.12. The van der Waals surface area contributed by atoms with E-state index in [0.717, 1.165) is 11.6 Å². The van der Waals surface area contributed by atoms with Gasteiger partial charge in [0.2, 0.25) is 0 Å². The molecule has 0 radical (unpaired) electrons. The first kappa shape index (κ1) is 21.1. The van der Waals surface area contributed by atoms with E-state index in [1.54, 1.807) is 34.6 Å². The number of nitrogens with one attached hydrogen (secondary N) is 1. The van der Waals surface area contributed by atoms with E-state index < -0.39 is 11.9 Å². The van der Waals surface area contributed by atoms with E-state index >= 15 is 0 Å². The van der Waals surface area contributed by atoms with Gasteiger partial charge in [-0.15, -0.1) is 11.3 Å². The van der Waals surface area contributed by atoms with E-state index in [1.165, 1.54) is 22.2 Å². The van der Waals surface area contributed by atoms with Crippen molar-refractivity contribution in [3.63, 3.8) is 0 Å². The first-order valence-electron chi connectivity index (χ1n) is 9.02. The number of carbonyl (C=O) groups is 1. The number of carbonyl (C=O) groups excluding carboxylic acids is 1. The Balaban J connectivity index is 1.37. The molecule has 11 heteroatoms. The number of amides is 1. The first-order valence-corrected chi connectivity index (χ1v) is 10.3. The number of aromatic nitrogens is 4. The molecule has 4 aromatic rings. The van der Waals surface area contributed by atoms with Crippen LogP contribution in [0.3, 0.4) is 0 Å². The van der Waals surface area contributed by atoms with E-state index in [-0.39, 0.29) is 12.5 Å². The number of halogens is 4. The summed E-state index contributed by atoms with van der Waals surface area (Å²) < 4.78 is 40.8.